The van der Waals surface area contributed by atoms with Crippen LogP contribution in [0.15, 0.2) is 12.3 Å². The van der Waals surface area contributed by atoms with Gasteiger partial charge < -0.3 is 5.32 Å². The van der Waals surface area contributed by atoms with Gasteiger partial charge in [-0.25, -0.2) is 4.98 Å². The minimum Gasteiger partial charge on any atom is -0.358 e. The van der Waals surface area contributed by atoms with Gasteiger partial charge in [-0.15, -0.1) is 0 Å². The molecule has 1 aliphatic rings. The number of hydrogen-bond donors (Lipinski definition) is 1. The van der Waals surface area contributed by atoms with Crippen LogP contribution in [-0.2, 0) is 11.3 Å². The summed E-state index contributed by atoms with van der Waals surface area (Å²) in [6.07, 6.45) is 3.58. The zero-order chi connectivity index (χ0) is 13.1. The van der Waals surface area contributed by atoms with Crippen LogP contribution in [0.5, 0.6) is 0 Å². The van der Waals surface area contributed by atoms with Gasteiger partial charge in [0.2, 0.25) is 5.91 Å². The number of pyridine rings is 1. The number of nitrogens with zero attached hydrogens (tertiary/aromatic N) is 2. The number of halogens is 2. The number of likely N-dealkylation sites (tertiary alicyclic amines) is 1. The molecule has 1 amide bonds. The van der Waals surface area contributed by atoms with Crippen molar-refractivity contribution in [3.63, 3.8) is 0 Å². The van der Waals surface area contributed by atoms with Crippen molar-refractivity contribution in [2.75, 3.05) is 13.6 Å². The predicted octanol–water partition coefficient (Wildman–Crippen LogP) is 2.10. The molecule has 2 rings (SSSR count). The molecule has 0 aromatic carbocycles. The van der Waals surface area contributed by atoms with Crippen LogP contribution >= 0.6 is 23.2 Å². The normalized spacial score (nSPS) is 20.1. The van der Waals surface area contributed by atoms with Crippen molar-refractivity contribution in [2.45, 2.75) is 25.4 Å². The maximum Gasteiger partial charge on any atom is 0.237 e. The highest BCUT2D eigenvalue weighted by molar-refractivity contribution is 6.34. The molecule has 98 valence electrons. The summed E-state index contributed by atoms with van der Waals surface area (Å²) in [7, 11) is 1.66. The zero-order valence-corrected chi connectivity index (χ0v) is 11.6. The van der Waals surface area contributed by atoms with Crippen LogP contribution in [0.25, 0.3) is 0 Å². The monoisotopic (exact) mass is 287 g/mol. The second-order valence-corrected chi connectivity index (χ2v) is 5.14. The third-order valence-electron chi connectivity index (χ3n) is 3.18. The molecule has 1 aliphatic heterocycles. The van der Waals surface area contributed by atoms with Crippen molar-refractivity contribution in [1.29, 1.82) is 0 Å². The number of nitrogens with one attached hydrogen (secondary N) is 1. The van der Waals surface area contributed by atoms with Gasteiger partial charge in [-0.3, -0.25) is 9.69 Å². The summed E-state index contributed by atoms with van der Waals surface area (Å²) in [4.78, 5) is 17.9. The molecule has 4 nitrogen and oxygen atoms in total. The fourth-order valence-corrected chi connectivity index (χ4v) is 2.68. The smallest absolute Gasteiger partial charge is 0.237 e. The van der Waals surface area contributed by atoms with E-state index in [-0.39, 0.29) is 11.9 Å². The molecular weight excluding hydrogens is 273 g/mol. The molecule has 18 heavy (non-hydrogen) atoms. The molecule has 1 unspecified atom stereocenters. The van der Waals surface area contributed by atoms with Crippen LogP contribution < -0.4 is 5.32 Å². The van der Waals surface area contributed by atoms with Gasteiger partial charge in [0.25, 0.3) is 0 Å². The molecule has 1 aromatic heterocycles. The van der Waals surface area contributed by atoms with Crippen molar-refractivity contribution in [3.8, 4) is 0 Å². The van der Waals surface area contributed by atoms with Gasteiger partial charge in [-0.1, -0.05) is 23.2 Å². The van der Waals surface area contributed by atoms with E-state index in [1.165, 1.54) is 0 Å². The largest absolute Gasteiger partial charge is 0.358 e. The lowest BCUT2D eigenvalue weighted by atomic mass is 10.2. The molecule has 0 radical (unpaired) electrons. The molecular formula is C12H15Cl2N3O. The van der Waals surface area contributed by atoms with Crippen LogP contribution in [0, 0.1) is 0 Å². The van der Waals surface area contributed by atoms with Crippen molar-refractivity contribution in [3.05, 3.63) is 28.0 Å². The third-order valence-corrected chi connectivity index (χ3v) is 3.74. The Morgan fingerprint density at radius 1 is 1.61 bits per heavy atom. The van der Waals surface area contributed by atoms with E-state index in [1.807, 2.05) is 0 Å². The average molecular weight is 288 g/mol. The van der Waals surface area contributed by atoms with E-state index in [0.29, 0.717) is 16.7 Å². The lowest BCUT2D eigenvalue weighted by molar-refractivity contribution is -0.125. The Morgan fingerprint density at radius 3 is 3.06 bits per heavy atom. The standard InChI is InChI=1S/C12H15Cl2N3O/c1-15-12(18)10-3-2-4-17(10)7-8-6-16-11(14)5-9(8)13/h5-6,10H,2-4,7H2,1H3,(H,15,18). The fraction of sp³-hybridized carbons (Fsp3) is 0.500. The quantitative estimate of drug-likeness (QED) is 0.866. The van der Waals surface area contributed by atoms with E-state index in [4.69, 9.17) is 23.2 Å². The zero-order valence-electron chi connectivity index (χ0n) is 10.1. The van der Waals surface area contributed by atoms with E-state index in [1.54, 1.807) is 19.3 Å². The summed E-state index contributed by atoms with van der Waals surface area (Å²) in [5.74, 6) is 0.0607. The van der Waals surface area contributed by atoms with E-state index in [2.05, 4.69) is 15.2 Å². The molecule has 0 aliphatic carbocycles. The van der Waals surface area contributed by atoms with Crippen LogP contribution in [-0.4, -0.2) is 35.4 Å². The number of hydrogen-bond acceptors (Lipinski definition) is 3. The van der Waals surface area contributed by atoms with Crippen LogP contribution in [0.3, 0.4) is 0 Å². The lowest BCUT2D eigenvalue weighted by Gasteiger charge is -2.23. The first-order chi connectivity index (χ1) is 8.61. The highest BCUT2D eigenvalue weighted by Gasteiger charge is 2.30. The summed E-state index contributed by atoms with van der Waals surface area (Å²) in [6.45, 7) is 1.53. The molecule has 6 heteroatoms. The molecule has 1 saturated heterocycles. The van der Waals surface area contributed by atoms with Gasteiger partial charge in [0.05, 0.1) is 6.04 Å². The number of amides is 1. The van der Waals surface area contributed by atoms with Crippen LogP contribution in [0.4, 0.5) is 0 Å². The summed E-state index contributed by atoms with van der Waals surface area (Å²) < 4.78 is 0. The molecule has 1 atom stereocenters. The maximum absolute atomic E-state index is 11.7. The SMILES string of the molecule is CNC(=O)C1CCCN1Cc1cnc(Cl)cc1Cl. The Morgan fingerprint density at radius 2 is 2.39 bits per heavy atom. The Bertz CT molecular complexity index is 453. The van der Waals surface area contributed by atoms with Crippen LogP contribution in [0.1, 0.15) is 18.4 Å². The van der Waals surface area contributed by atoms with Crippen LogP contribution in [0.2, 0.25) is 10.2 Å². The fourth-order valence-electron chi connectivity index (χ4n) is 2.25. The molecule has 1 N–H and O–H groups in total. The van der Waals surface area contributed by atoms with Crippen molar-refractivity contribution >= 4 is 29.1 Å². The topological polar surface area (TPSA) is 45.2 Å². The first-order valence-electron chi connectivity index (χ1n) is 5.87. The summed E-state index contributed by atoms with van der Waals surface area (Å²) in [5, 5.41) is 3.67. The minimum atomic E-state index is -0.0678. The van der Waals surface area contributed by atoms with Crippen molar-refractivity contribution in [1.82, 2.24) is 15.2 Å². The van der Waals surface area contributed by atoms with E-state index in [0.717, 1.165) is 24.9 Å². The Labute approximate surface area is 116 Å². The summed E-state index contributed by atoms with van der Waals surface area (Å²) in [6, 6.07) is 1.56. The average Bonchev–Trinajstić information content (AvgIpc) is 2.80. The van der Waals surface area contributed by atoms with Gasteiger partial charge in [0.1, 0.15) is 5.15 Å². The molecule has 1 aromatic rings. The molecule has 0 spiro atoms. The second kappa shape index (κ2) is 5.87. The molecule has 0 saturated carbocycles. The maximum atomic E-state index is 11.7. The third kappa shape index (κ3) is 2.94. The number of rotatable bonds is 3. The number of carbonyl (C=O) groups excluding carboxylic acids is 1. The highest BCUT2D eigenvalue weighted by Crippen LogP contribution is 2.24. The Balaban J connectivity index is 2.10. The van der Waals surface area contributed by atoms with Crippen molar-refractivity contribution < 1.29 is 4.79 Å². The number of carbonyl (C=O) groups is 1. The van der Waals surface area contributed by atoms with Gasteiger partial charge in [-0.05, 0) is 25.5 Å². The van der Waals surface area contributed by atoms with Gasteiger partial charge in [0, 0.05) is 30.4 Å². The summed E-state index contributed by atoms with van der Waals surface area (Å²) in [5.41, 5.74) is 0.900. The Hall–Kier alpha value is -0.840. The molecule has 1 fully saturated rings. The van der Waals surface area contributed by atoms with Gasteiger partial charge >= 0.3 is 0 Å². The Kier molecular flexibility index (Phi) is 4.43. The number of likely N-dealkylation sites (N-methyl/N-ethyl adjacent to an activating group) is 1. The van der Waals surface area contributed by atoms with E-state index < -0.39 is 0 Å². The first-order valence-corrected chi connectivity index (χ1v) is 6.63. The van der Waals surface area contributed by atoms with Gasteiger partial charge in [0.15, 0.2) is 0 Å². The van der Waals surface area contributed by atoms with E-state index in [9.17, 15) is 4.79 Å². The van der Waals surface area contributed by atoms with E-state index >= 15 is 0 Å². The second-order valence-electron chi connectivity index (χ2n) is 4.34. The first kappa shape index (κ1) is 13.6. The number of aromatic nitrogens is 1. The molecule has 2 heterocycles. The lowest BCUT2D eigenvalue weighted by Crippen LogP contribution is -2.41. The van der Waals surface area contributed by atoms with Gasteiger partial charge in [-0.2, -0.15) is 0 Å². The predicted molar refractivity (Wildman–Crippen MR) is 71.8 cm³/mol. The molecule has 0 bridgehead atoms. The van der Waals surface area contributed by atoms with Crippen molar-refractivity contribution in [2.24, 2.45) is 0 Å². The highest BCUT2D eigenvalue weighted by atomic mass is 35.5. The minimum absolute atomic E-state index is 0.0607. The summed E-state index contributed by atoms with van der Waals surface area (Å²) >= 11 is 11.9.